The maximum atomic E-state index is 5.55. The zero-order chi connectivity index (χ0) is 11.4. The topological polar surface area (TPSA) is 18.5 Å². The van der Waals surface area contributed by atoms with Crippen LogP contribution in [0, 0.1) is 6.07 Å². The van der Waals surface area contributed by atoms with Crippen LogP contribution in [0.3, 0.4) is 0 Å². The standard InChI is InChI=1S/C14H15O2/c1-3-15-12-8-9-13-11(10-12)6-5-7-14(13)16-4-2/h5-8,10H,3-4H2,1-2H3. The molecule has 0 N–H and O–H groups in total. The van der Waals surface area contributed by atoms with E-state index in [0.717, 1.165) is 22.3 Å². The Kier molecular flexibility index (Phi) is 3.30. The zero-order valence-corrected chi connectivity index (χ0v) is 9.62. The molecule has 2 rings (SSSR count). The summed E-state index contributed by atoms with van der Waals surface area (Å²) in [6, 6.07) is 13.1. The van der Waals surface area contributed by atoms with Crippen molar-refractivity contribution in [1.82, 2.24) is 0 Å². The first-order valence-electron chi connectivity index (χ1n) is 5.55. The summed E-state index contributed by atoms with van der Waals surface area (Å²) in [7, 11) is 0. The van der Waals surface area contributed by atoms with E-state index in [2.05, 4.69) is 6.07 Å². The molecule has 16 heavy (non-hydrogen) atoms. The van der Waals surface area contributed by atoms with Crippen LogP contribution in [0.1, 0.15) is 13.8 Å². The van der Waals surface area contributed by atoms with Crippen LogP contribution in [0.25, 0.3) is 10.8 Å². The number of ether oxygens (including phenoxy) is 2. The molecule has 0 bridgehead atoms. The summed E-state index contributed by atoms with van der Waals surface area (Å²) in [6.07, 6.45) is 0. The van der Waals surface area contributed by atoms with Crippen LogP contribution in [0.5, 0.6) is 11.5 Å². The molecule has 0 aliphatic carbocycles. The van der Waals surface area contributed by atoms with Gasteiger partial charge in [-0.3, -0.25) is 0 Å². The Labute approximate surface area is 95.8 Å². The number of fused-ring (bicyclic) bond motifs is 1. The van der Waals surface area contributed by atoms with Gasteiger partial charge < -0.3 is 9.47 Å². The molecule has 2 heteroatoms. The highest BCUT2D eigenvalue weighted by molar-refractivity contribution is 5.88. The Morgan fingerprint density at radius 3 is 2.69 bits per heavy atom. The second-order valence-electron chi connectivity index (χ2n) is 3.42. The summed E-state index contributed by atoms with van der Waals surface area (Å²) in [5, 5.41) is 2.10. The largest absolute Gasteiger partial charge is 0.494 e. The highest BCUT2D eigenvalue weighted by atomic mass is 16.5. The lowest BCUT2D eigenvalue weighted by atomic mass is 10.1. The predicted molar refractivity (Wildman–Crippen MR) is 65.1 cm³/mol. The van der Waals surface area contributed by atoms with Gasteiger partial charge in [0.25, 0.3) is 0 Å². The minimum absolute atomic E-state index is 0.667. The molecule has 0 saturated carbocycles. The third-order valence-electron chi connectivity index (χ3n) is 2.33. The first-order valence-corrected chi connectivity index (χ1v) is 5.55. The van der Waals surface area contributed by atoms with Crippen LogP contribution < -0.4 is 9.47 Å². The summed E-state index contributed by atoms with van der Waals surface area (Å²) < 4.78 is 11.0. The lowest BCUT2D eigenvalue weighted by Gasteiger charge is -2.08. The molecule has 0 unspecified atom stereocenters. The summed E-state index contributed by atoms with van der Waals surface area (Å²) in [6.45, 7) is 5.29. The molecule has 83 valence electrons. The summed E-state index contributed by atoms with van der Waals surface area (Å²) in [5.74, 6) is 1.73. The molecule has 0 aliphatic heterocycles. The maximum absolute atomic E-state index is 5.55. The molecule has 2 aromatic carbocycles. The van der Waals surface area contributed by atoms with E-state index in [4.69, 9.17) is 9.47 Å². The van der Waals surface area contributed by atoms with Crippen LogP contribution in [0.4, 0.5) is 0 Å². The highest BCUT2D eigenvalue weighted by Crippen LogP contribution is 2.28. The fourth-order valence-electron chi connectivity index (χ4n) is 1.69. The highest BCUT2D eigenvalue weighted by Gasteiger charge is 2.02. The molecule has 0 saturated heterocycles. The van der Waals surface area contributed by atoms with E-state index < -0.39 is 0 Å². The summed E-state index contributed by atoms with van der Waals surface area (Å²) >= 11 is 0. The van der Waals surface area contributed by atoms with Gasteiger partial charge in [0.15, 0.2) is 0 Å². The smallest absolute Gasteiger partial charge is 0.127 e. The molecular weight excluding hydrogens is 200 g/mol. The Hall–Kier alpha value is -1.70. The van der Waals surface area contributed by atoms with Crippen LogP contribution in [0.15, 0.2) is 30.3 Å². The lowest BCUT2D eigenvalue weighted by molar-refractivity contribution is 0.340. The molecule has 0 spiro atoms. The van der Waals surface area contributed by atoms with Gasteiger partial charge >= 0.3 is 0 Å². The van der Waals surface area contributed by atoms with Gasteiger partial charge in [-0.15, -0.1) is 0 Å². The van der Waals surface area contributed by atoms with Crippen LogP contribution in [-0.2, 0) is 0 Å². The van der Waals surface area contributed by atoms with E-state index in [1.165, 1.54) is 0 Å². The van der Waals surface area contributed by atoms with Gasteiger partial charge in [0.05, 0.1) is 13.2 Å². The van der Waals surface area contributed by atoms with Crippen molar-refractivity contribution < 1.29 is 9.47 Å². The van der Waals surface area contributed by atoms with Crippen molar-refractivity contribution in [3.05, 3.63) is 36.4 Å². The average Bonchev–Trinajstić information content (AvgIpc) is 2.30. The second kappa shape index (κ2) is 4.88. The number of benzene rings is 2. The van der Waals surface area contributed by atoms with Crippen LogP contribution in [-0.4, -0.2) is 13.2 Å². The monoisotopic (exact) mass is 215 g/mol. The van der Waals surface area contributed by atoms with Crippen molar-refractivity contribution in [3.63, 3.8) is 0 Å². The molecule has 0 aliphatic rings. The van der Waals surface area contributed by atoms with Gasteiger partial charge in [0.1, 0.15) is 11.5 Å². The lowest BCUT2D eigenvalue weighted by Crippen LogP contribution is -1.94. The van der Waals surface area contributed by atoms with Crippen molar-refractivity contribution in [2.75, 3.05) is 13.2 Å². The van der Waals surface area contributed by atoms with Crippen LogP contribution >= 0.6 is 0 Å². The first kappa shape index (κ1) is 10.8. The molecular formula is C14H15O2. The van der Waals surface area contributed by atoms with Crippen molar-refractivity contribution >= 4 is 10.8 Å². The quantitative estimate of drug-likeness (QED) is 0.777. The fourth-order valence-corrected chi connectivity index (χ4v) is 1.69. The predicted octanol–water partition coefficient (Wildman–Crippen LogP) is 3.44. The van der Waals surface area contributed by atoms with Gasteiger partial charge in [-0.25, -0.2) is 0 Å². The second-order valence-corrected chi connectivity index (χ2v) is 3.42. The Morgan fingerprint density at radius 2 is 1.94 bits per heavy atom. The Morgan fingerprint density at radius 1 is 1.12 bits per heavy atom. The van der Waals surface area contributed by atoms with E-state index in [0.29, 0.717) is 13.2 Å². The SMILES string of the molecule is CCOc1c[c]c2c(OCC)cccc2c1. The molecule has 1 radical (unpaired) electrons. The first-order chi connectivity index (χ1) is 7.85. The van der Waals surface area contributed by atoms with Gasteiger partial charge in [-0.05, 0) is 43.5 Å². The number of rotatable bonds is 4. The molecule has 0 heterocycles. The minimum atomic E-state index is 0.667. The van der Waals surface area contributed by atoms with Crippen molar-refractivity contribution in [2.24, 2.45) is 0 Å². The van der Waals surface area contributed by atoms with Crippen molar-refractivity contribution in [3.8, 4) is 11.5 Å². The normalized spacial score (nSPS) is 10.4. The minimum Gasteiger partial charge on any atom is -0.494 e. The van der Waals surface area contributed by atoms with Crippen molar-refractivity contribution in [2.45, 2.75) is 13.8 Å². The Balaban J connectivity index is 2.46. The third-order valence-corrected chi connectivity index (χ3v) is 2.33. The van der Waals surface area contributed by atoms with Gasteiger partial charge in [-0.2, -0.15) is 0 Å². The summed E-state index contributed by atoms with van der Waals surface area (Å²) in [5.41, 5.74) is 0. The molecule has 2 nitrogen and oxygen atoms in total. The van der Waals surface area contributed by atoms with Crippen molar-refractivity contribution in [1.29, 1.82) is 0 Å². The molecule has 0 atom stereocenters. The molecule has 2 aromatic rings. The molecule has 0 fully saturated rings. The average molecular weight is 215 g/mol. The molecule has 0 amide bonds. The number of hydrogen-bond donors (Lipinski definition) is 0. The van der Waals surface area contributed by atoms with E-state index in [9.17, 15) is 0 Å². The van der Waals surface area contributed by atoms with Crippen LogP contribution in [0.2, 0.25) is 0 Å². The Bertz CT molecular complexity index is 477. The zero-order valence-electron chi connectivity index (χ0n) is 9.62. The van der Waals surface area contributed by atoms with Gasteiger partial charge in [0.2, 0.25) is 0 Å². The van der Waals surface area contributed by atoms with E-state index in [-0.39, 0.29) is 0 Å². The fraction of sp³-hybridized carbons (Fsp3) is 0.286. The van der Waals surface area contributed by atoms with Gasteiger partial charge in [-0.1, -0.05) is 12.1 Å². The number of hydrogen-bond acceptors (Lipinski definition) is 2. The van der Waals surface area contributed by atoms with E-state index in [1.807, 2.05) is 44.2 Å². The maximum Gasteiger partial charge on any atom is 0.127 e. The van der Waals surface area contributed by atoms with E-state index >= 15 is 0 Å². The van der Waals surface area contributed by atoms with Gasteiger partial charge in [0, 0.05) is 5.39 Å². The summed E-state index contributed by atoms with van der Waals surface area (Å²) in [4.78, 5) is 0. The molecule has 0 aromatic heterocycles. The van der Waals surface area contributed by atoms with E-state index in [1.54, 1.807) is 0 Å². The third kappa shape index (κ3) is 2.11.